The SMILES string of the molecule is CCCCCCCCCCCCCCC(CBr)CCCCCCCCCCCC. The molecule has 1 heteroatoms. The van der Waals surface area contributed by atoms with Gasteiger partial charge in [0.15, 0.2) is 0 Å². The molecule has 0 aromatic heterocycles. The predicted molar refractivity (Wildman–Crippen MR) is 139 cm³/mol. The summed E-state index contributed by atoms with van der Waals surface area (Å²) in [4.78, 5) is 0. The van der Waals surface area contributed by atoms with Gasteiger partial charge in [0.05, 0.1) is 0 Å². The van der Waals surface area contributed by atoms with Crippen LogP contribution in [-0.4, -0.2) is 5.33 Å². The second-order valence-electron chi connectivity index (χ2n) is 9.67. The molecule has 0 radical (unpaired) electrons. The molecule has 0 rings (SSSR count). The number of hydrogen-bond acceptors (Lipinski definition) is 0. The van der Waals surface area contributed by atoms with Gasteiger partial charge in [0.2, 0.25) is 0 Å². The van der Waals surface area contributed by atoms with Crippen LogP contribution in [0.15, 0.2) is 0 Å². The molecule has 0 aliphatic rings. The molecule has 0 heterocycles. The van der Waals surface area contributed by atoms with E-state index in [9.17, 15) is 0 Å². The number of alkyl halides is 1. The van der Waals surface area contributed by atoms with Gasteiger partial charge in [-0.3, -0.25) is 0 Å². The molecule has 0 bridgehead atoms. The third-order valence-corrected chi connectivity index (χ3v) is 7.57. The van der Waals surface area contributed by atoms with Gasteiger partial charge < -0.3 is 0 Å². The van der Waals surface area contributed by atoms with E-state index in [2.05, 4.69) is 29.8 Å². The molecule has 0 aliphatic heterocycles. The minimum absolute atomic E-state index is 0.937. The quantitative estimate of drug-likeness (QED) is 0.0913. The number of rotatable bonds is 25. The van der Waals surface area contributed by atoms with Crippen LogP contribution < -0.4 is 0 Å². The van der Waals surface area contributed by atoms with E-state index in [1.165, 1.54) is 159 Å². The average molecular weight is 474 g/mol. The van der Waals surface area contributed by atoms with Crippen molar-refractivity contribution in [3.05, 3.63) is 0 Å². The Morgan fingerprint density at radius 2 is 0.621 bits per heavy atom. The number of unbranched alkanes of at least 4 members (excludes halogenated alkanes) is 20. The van der Waals surface area contributed by atoms with Crippen molar-refractivity contribution >= 4 is 15.9 Å². The highest BCUT2D eigenvalue weighted by molar-refractivity contribution is 9.09. The van der Waals surface area contributed by atoms with Crippen molar-refractivity contribution in [2.75, 3.05) is 5.33 Å². The molecule has 0 spiro atoms. The molecule has 0 nitrogen and oxygen atoms in total. The lowest BCUT2D eigenvalue weighted by atomic mass is 9.95. The van der Waals surface area contributed by atoms with E-state index in [0.717, 1.165) is 5.92 Å². The van der Waals surface area contributed by atoms with E-state index in [-0.39, 0.29) is 0 Å². The maximum Gasteiger partial charge on any atom is 0.00596 e. The maximum atomic E-state index is 3.77. The van der Waals surface area contributed by atoms with Crippen molar-refractivity contribution in [2.45, 2.75) is 168 Å². The fourth-order valence-electron chi connectivity index (χ4n) is 4.49. The van der Waals surface area contributed by atoms with Gasteiger partial charge in [-0.05, 0) is 18.8 Å². The highest BCUT2D eigenvalue weighted by Gasteiger charge is 2.06. The molecule has 29 heavy (non-hydrogen) atoms. The predicted octanol–water partition coefficient (Wildman–Crippen LogP) is 11.4. The Morgan fingerprint density at radius 1 is 0.379 bits per heavy atom. The first-order valence-electron chi connectivity index (χ1n) is 13.9. The lowest BCUT2D eigenvalue weighted by Gasteiger charge is -2.13. The second kappa shape index (κ2) is 26.5. The summed E-state index contributed by atoms with van der Waals surface area (Å²) in [5.41, 5.74) is 0. The minimum atomic E-state index is 0.937. The summed E-state index contributed by atoms with van der Waals surface area (Å²) >= 11 is 3.77. The molecular formula is C28H57Br. The average Bonchev–Trinajstić information content (AvgIpc) is 2.74. The van der Waals surface area contributed by atoms with Gasteiger partial charge >= 0.3 is 0 Å². The molecule has 0 aromatic carbocycles. The highest BCUT2D eigenvalue weighted by atomic mass is 79.9. The molecular weight excluding hydrogens is 416 g/mol. The van der Waals surface area contributed by atoms with Crippen LogP contribution in [0.5, 0.6) is 0 Å². The second-order valence-corrected chi connectivity index (χ2v) is 10.3. The van der Waals surface area contributed by atoms with Crippen LogP contribution in [0.3, 0.4) is 0 Å². The van der Waals surface area contributed by atoms with Gasteiger partial charge in [-0.1, -0.05) is 171 Å². The van der Waals surface area contributed by atoms with Crippen LogP contribution in [0.4, 0.5) is 0 Å². The molecule has 1 atom stereocenters. The van der Waals surface area contributed by atoms with Gasteiger partial charge in [0.25, 0.3) is 0 Å². The van der Waals surface area contributed by atoms with Crippen LogP contribution >= 0.6 is 15.9 Å². The Hall–Kier alpha value is 0.480. The zero-order valence-electron chi connectivity index (χ0n) is 20.6. The first-order chi connectivity index (χ1) is 14.3. The van der Waals surface area contributed by atoms with Crippen LogP contribution in [0.2, 0.25) is 0 Å². The normalized spacial score (nSPS) is 12.5. The van der Waals surface area contributed by atoms with Crippen molar-refractivity contribution < 1.29 is 0 Å². The van der Waals surface area contributed by atoms with Crippen molar-refractivity contribution in [3.63, 3.8) is 0 Å². The van der Waals surface area contributed by atoms with Gasteiger partial charge in [0.1, 0.15) is 0 Å². The number of hydrogen-bond donors (Lipinski definition) is 0. The van der Waals surface area contributed by atoms with Gasteiger partial charge in [-0.2, -0.15) is 0 Å². The van der Waals surface area contributed by atoms with Gasteiger partial charge in [-0.25, -0.2) is 0 Å². The van der Waals surface area contributed by atoms with E-state index in [1.54, 1.807) is 0 Å². The standard InChI is InChI=1S/C28H57Br/c1-3-5-7-9-11-13-15-16-18-20-22-24-26-28(27-29)25-23-21-19-17-14-12-10-8-6-4-2/h28H,3-27H2,1-2H3. The molecule has 176 valence electrons. The smallest absolute Gasteiger partial charge is 0.00596 e. The Bertz CT molecular complexity index is 275. The van der Waals surface area contributed by atoms with Crippen molar-refractivity contribution in [2.24, 2.45) is 5.92 Å². The van der Waals surface area contributed by atoms with E-state index in [0.29, 0.717) is 0 Å². The summed E-state index contributed by atoms with van der Waals surface area (Å²) < 4.78 is 0. The first-order valence-corrected chi connectivity index (χ1v) is 15.0. The third-order valence-electron chi connectivity index (χ3n) is 6.65. The molecule has 0 amide bonds. The molecule has 0 fully saturated rings. The molecule has 1 unspecified atom stereocenters. The van der Waals surface area contributed by atoms with Crippen molar-refractivity contribution in [1.29, 1.82) is 0 Å². The topological polar surface area (TPSA) is 0 Å². The van der Waals surface area contributed by atoms with Gasteiger partial charge in [-0.15, -0.1) is 0 Å². The summed E-state index contributed by atoms with van der Waals surface area (Å²) in [6, 6.07) is 0. The van der Waals surface area contributed by atoms with E-state index in [1.807, 2.05) is 0 Å². The van der Waals surface area contributed by atoms with Crippen LogP contribution in [0.25, 0.3) is 0 Å². The van der Waals surface area contributed by atoms with Crippen LogP contribution in [0, 0.1) is 5.92 Å². The van der Waals surface area contributed by atoms with E-state index < -0.39 is 0 Å². The monoisotopic (exact) mass is 472 g/mol. The Morgan fingerprint density at radius 3 is 0.862 bits per heavy atom. The fourth-order valence-corrected chi connectivity index (χ4v) is 5.14. The van der Waals surface area contributed by atoms with Crippen LogP contribution in [0.1, 0.15) is 168 Å². The summed E-state index contributed by atoms with van der Waals surface area (Å²) in [6.07, 6.45) is 35.0. The lowest BCUT2D eigenvalue weighted by Crippen LogP contribution is -2.02. The van der Waals surface area contributed by atoms with E-state index in [4.69, 9.17) is 0 Å². The fraction of sp³-hybridized carbons (Fsp3) is 1.00. The Balaban J connectivity index is 3.27. The molecule has 0 saturated carbocycles. The molecule has 0 saturated heterocycles. The first kappa shape index (κ1) is 29.5. The van der Waals surface area contributed by atoms with Crippen molar-refractivity contribution in [3.8, 4) is 0 Å². The molecule has 0 N–H and O–H groups in total. The molecule has 0 aromatic rings. The Kier molecular flexibility index (Phi) is 27.0. The van der Waals surface area contributed by atoms with Gasteiger partial charge in [0, 0.05) is 5.33 Å². The summed E-state index contributed by atoms with van der Waals surface area (Å²) in [6.45, 7) is 4.61. The summed E-state index contributed by atoms with van der Waals surface area (Å²) in [5.74, 6) is 0.937. The van der Waals surface area contributed by atoms with Crippen molar-refractivity contribution in [1.82, 2.24) is 0 Å². The lowest BCUT2D eigenvalue weighted by molar-refractivity contribution is 0.437. The molecule has 0 aliphatic carbocycles. The van der Waals surface area contributed by atoms with E-state index >= 15 is 0 Å². The third kappa shape index (κ3) is 24.6. The minimum Gasteiger partial charge on any atom is -0.0925 e. The maximum absolute atomic E-state index is 3.77. The largest absolute Gasteiger partial charge is 0.0925 e. The summed E-state index contributed by atoms with van der Waals surface area (Å²) in [5, 5.41) is 1.22. The summed E-state index contributed by atoms with van der Waals surface area (Å²) in [7, 11) is 0. The van der Waals surface area contributed by atoms with Crippen LogP contribution in [-0.2, 0) is 0 Å². The number of halogens is 1. The zero-order chi connectivity index (χ0) is 21.3. The highest BCUT2D eigenvalue weighted by Crippen LogP contribution is 2.21. The Labute approximate surface area is 194 Å². The zero-order valence-corrected chi connectivity index (χ0v) is 22.2.